The van der Waals surface area contributed by atoms with Crippen molar-refractivity contribution in [3.8, 4) is 0 Å². The number of nitrogens with zero attached hydrogens (tertiary/aromatic N) is 4. The summed E-state index contributed by atoms with van der Waals surface area (Å²) in [6, 6.07) is -0.118. The monoisotopic (exact) mass is 326 g/mol. The van der Waals surface area contributed by atoms with Crippen molar-refractivity contribution in [3.05, 3.63) is 0 Å². The van der Waals surface area contributed by atoms with Crippen molar-refractivity contribution >= 4 is 23.7 Å². The molecule has 0 aromatic carbocycles. The smallest absolute Gasteiger partial charge is 0.321 e. The highest BCUT2D eigenvalue weighted by Crippen LogP contribution is 2.31. The molecule has 2 rings (SSSR count). The summed E-state index contributed by atoms with van der Waals surface area (Å²) in [6.45, 7) is 2.61. The molecule has 9 heteroatoms. The minimum Gasteiger partial charge on any atom is -0.338 e. The van der Waals surface area contributed by atoms with Gasteiger partial charge in [-0.3, -0.25) is 10.1 Å². The van der Waals surface area contributed by atoms with Crippen LogP contribution >= 0.6 is 11.8 Å². The number of nitrogens with one attached hydrogen (secondary N) is 2. The predicted octanol–water partition coefficient (Wildman–Crippen LogP) is 1.51. The third kappa shape index (κ3) is 4.97. The molecule has 0 saturated heterocycles. The Hall–Kier alpha value is -1.64. The lowest BCUT2D eigenvalue weighted by Gasteiger charge is -2.10. The summed E-state index contributed by atoms with van der Waals surface area (Å²) in [7, 11) is 0. The number of unbranched alkanes of at least 4 members (excludes halogenated alkanes) is 1. The highest BCUT2D eigenvalue weighted by Gasteiger charge is 2.22. The highest BCUT2D eigenvalue weighted by atomic mass is 32.2. The number of imide groups is 1. The van der Waals surface area contributed by atoms with Crippen molar-refractivity contribution < 1.29 is 9.59 Å². The Morgan fingerprint density at radius 3 is 2.86 bits per heavy atom. The Bertz CT molecular complexity index is 500. The summed E-state index contributed by atoms with van der Waals surface area (Å²) in [5.74, 6) is -0.228. The molecule has 1 saturated carbocycles. The van der Waals surface area contributed by atoms with E-state index in [4.69, 9.17) is 0 Å². The third-order valence-electron chi connectivity index (χ3n) is 3.53. The summed E-state index contributed by atoms with van der Waals surface area (Å²) >= 11 is 1.25. The van der Waals surface area contributed by atoms with Gasteiger partial charge in [0.05, 0.1) is 11.8 Å². The highest BCUT2D eigenvalue weighted by molar-refractivity contribution is 7.99. The number of aromatic nitrogens is 4. The zero-order chi connectivity index (χ0) is 15.8. The van der Waals surface area contributed by atoms with Crippen molar-refractivity contribution in [2.24, 2.45) is 0 Å². The van der Waals surface area contributed by atoms with Crippen LogP contribution in [0.15, 0.2) is 5.16 Å². The molecule has 1 aromatic rings. The fourth-order valence-corrected chi connectivity index (χ4v) is 3.12. The van der Waals surface area contributed by atoms with E-state index in [9.17, 15) is 9.59 Å². The number of hydrogen-bond donors (Lipinski definition) is 2. The second-order valence-corrected chi connectivity index (χ2v) is 6.23. The van der Waals surface area contributed by atoms with Gasteiger partial charge < -0.3 is 5.32 Å². The number of carbonyl (C=O) groups is 2. The molecule has 2 N–H and O–H groups in total. The first-order valence-electron chi connectivity index (χ1n) is 7.69. The second-order valence-electron chi connectivity index (χ2n) is 5.29. The van der Waals surface area contributed by atoms with Crippen molar-refractivity contribution in [1.82, 2.24) is 30.8 Å². The van der Waals surface area contributed by atoms with Crippen LogP contribution < -0.4 is 10.6 Å². The van der Waals surface area contributed by atoms with E-state index in [2.05, 4.69) is 26.2 Å². The van der Waals surface area contributed by atoms with Gasteiger partial charge >= 0.3 is 6.03 Å². The third-order valence-corrected chi connectivity index (χ3v) is 4.47. The molecular weight excluding hydrogens is 304 g/mol. The first kappa shape index (κ1) is 16.7. The molecule has 1 aliphatic carbocycles. The van der Waals surface area contributed by atoms with Crippen LogP contribution in [0.25, 0.3) is 0 Å². The molecule has 22 heavy (non-hydrogen) atoms. The van der Waals surface area contributed by atoms with Crippen molar-refractivity contribution in [2.75, 3.05) is 12.3 Å². The Balaban J connectivity index is 1.74. The molecule has 1 fully saturated rings. The Kier molecular flexibility index (Phi) is 6.63. The summed E-state index contributed by atoms with van der Waals surface area (Å²) < 4.78 is 1.80. The first-order chi connectivity index (χ1) is 10.7. The molecule has 0 unspecified atom stereocenters. The molecule has 1 aromatic heterocycles. The topological polar surface area (TPSA) is 102 Å². The quantitative estimate of drug-likeness (QED) is 0.581. The summed E-state index contributed by atoms with van der Waals surface area (Å²) in [6.07, 6.45) is 6.41. The van der Waals surface area contributed by atoms with Crippen LogP contribution in [0.5, 0.6) is 0 Å². The van der Waals surface area contributed by atoms with E-state index in [1.165, 1.54) is 24.6 Å². The summed E-state index contributed by atoms with van der Waals surface area (Å²) in [5, 5.41) is 17.2. The zero-order valence-electron chi connectivity index (χ0n) is 12.7. The number of urea groups is 1. The lowest BCUT2D eigenvalue weighted by Crippen LogP contribution is -2.40. The van der Waals surface area contributed by atoms with Gasteiger partial charge in [0, 0.05) is 6.54 Å². The van der Waals surface area contributed by atoms with Gasteiger partial charge in [-0.15, -0.1) is 5.10 Å². The van der Waals surface area contributed by atoms with Gasteiger partial charge in [-0.25, -0.2) is 9.48 Å². The number of thioether (sulfide) groups is 1. The van der Waals surface area contributed by atoms with Crippen LogP contribution in [-0.2, 0) is 4.79 Å². The molecule has 0 spiro atoms. The predicted molar refractivity (Wildman–Crippen MR) is 82.5 cm³/mol. The lowest BCUT2D eigenvalue weighted by molar-refractivity contribution is -0.117. The van der Waals surface area contributed by atoms with E-state index >= 15 is 0 Å². The maximum atomic E-state index is 11.7. The molecule has 0 radical (unpaired) electrons. The van der Waals surface area contributed by atoms with Gasteiger partial charge in [-0.2, -0.15) is 0 Å². The van der Waals surface area contributed by atoms with Crippen LogP contribution in [0.4, 0.5) is 4.79 Å². The number of rotatable bonds is 7. The Morgan fingerprint density at radius 1 is 1.36 bits per heavy atom. The van der Waals surface area contributed by atoms with E-state index < -0.39 is 6.03 Å². The van der Waals surface area contributed by atoms with Gasteiger partial charge in [0.25, 0.3) is 0 Å². The molecule has 8 nitrogen and oxygen atoms in total. The Labute approximate surface area is 133 Å². The van der Waals surface area contributed by atoms with E-state index in [0.29, 0.717) is 17.7 Å². The molecule has 0 aliphatic heterocycles. The number of hydrogen-bond acceptors (Lipinski definition) is 6. The van der Waals surface area contributed by atoms with E-state index in [0.717, 1.165) is 25.7 Å². The standard InChI is InChI=1S/C13H22N6O2S/c1-2-3-8-14-12(21)15-11(20)9-22-13-16-17-18-19(13)10-6-4-5-7-10/h10H,2-9H2,1H3,(H2,14,15,20,21). The number of tetrazole rings is 1. The Morgan fingerprint density at radius 2 is 2.14 bits per heavy atom. The number of carbonyl (C=O) groups excluding carboxylic acids is 2. The van der Waals surface area contributed by atoms with Gasteiger partial charge in [-0.05, 0) is 29.7 Å². The average Bonchev–Trinajstić information content (AvgIpc) is 3.16. The fraction of sp³-hybridized carbons (Fsp3) is 0.769. The van der Waals surface area contributed by atoms with Gasteiger partial charge in [-0.1, -0.05) is 37.9 Å². The molecule has 0 atom stereocenters. The van der Waals surface area contributed by atoms with Crippen molar-refractivity contribution in [2.45, 2.75) is 56.6 Å². The van der Waals surface area contributed by atoms with Crippen LogP contribution in [0, 0.1) is 0 Å². The van der Waals surface area contributed by atoms with Gasteiger partial charge in [0.2, 0.25) is 11.1 Å². The molecular formula is C13H22N6O2S. The van der Waals surface area contributed by atoms with Gasteiger partial charge in [0.15, 0.2) is 0 Å². The molecule has 1 aliphatic rings. The zero-order valence-corrected chi connectivity index (χ0v) is 13.6. The van der Waals surface area contributed by atoms with Crippen LogP contribution in [0.2, 0.25) is 0 Å². The molecule has 3 amide bonds. The van der Waals surface area contributed by atoms with E-state index in [1.54, 1.807) is 4.68 Å². The molecule has 122 valence electrons. The fourth-order valence-electron chi connectivity index (χ4n) is 2.37. The van der Waals surface area contributed by atoms with Crippen molar-refractivity contribution in [1.29, 1.82) is 0 Å². The lowest BCUT2D eigenvalue weighted by atomic mass is 10.3. The first-order valence-corrected chi connectivity index (χ1v) is 8.67. The minimum atomic E-state index is -0.450. The van der Waals surface area contributed by atoms with Crippen LogP contribution in [0.1, 0.15) is 51.5 Å². The maximum Gasteiger partial charge on any atom is 0.321 e. The molecule has 1 heterocycles. The largest absolute Gasteiger partial charge is 0.338 e. The second kappa shape index (κ2) is 8.72. The normalized spacial score (nSPS) is 15.0. The summed E-state index contributed by atoms with van der Waals surface area (Å²) in [5.41, 5.74) is 0. The molecule has 0 bridgehead atoms. The minimum absolute atomic E-state index is 0.119. The van der Waals surface area contributed by atoms with Gasteiger partial charge in [0.1, 0.15) is 0 Å². The number of amides is 3. The summed E-state index contributed by atoms with van der Waals surface area (Å²) in [4.78, 5) is 23.2. The average molecular weight is 326 g/mol. The van der Waals surface area contributed by atoms with Crippen LogP contribution in [0.3, 0.4) is 0 Å². The van der Waals surface area contributed by atoms with E-state index in [1.807, 2.05) is 6.92 Å². The van der Waals surface area contributed by atoms with E-state index in [-0.39, 0.29) is 11.7 Å². The van der Waals surface area contributed by atoms with Crippen molar-refractivity contribution in [3.63, 3.8) is 0 Å². The SMILES string of the molecule is CCCCNC(=O)NC(=O)CSc1nnnn1C1CCCC1. The van der Waals surface area contributed by atoms with Crippen LogP contribution in [-0.4, -0.2) is 44.4 Å². The maximum absolute atomic E-state index is 11.7.